The quantitative estimate of drug-likeness (QED) is 0.0226. The fraction of sp³-hybridized carbons (Fsp3) is 0.357. The van der Waals surface area contributed by atoms with Crippen LogP contribution >= 0.6 is 25.3 Å². The van der Waals surface area contributed by atoms with E-state index in [0.717, 1.165) is 10.8 Å². The molecule has 0 heterocycles. The van der Waals surface area contributed by atoms with Gasteiger partial charge >= 0.3 is 5.97 Å². The van der Waals surface area contributed by atoms with E-state index < -0.39 is 102 Å². The van der Waals surface area contributed by atoms with E-state index in [1.807, 2.05) is 36.4 Å². The molecule has 416 valence electrons. The van der Waals surface area contributed by atoms with Crippen molar-refractivity contribution in [3.05, 3.63) is 150 Å². The maximum Gasteiger partial charge on any atom is 0.327 e. The van der Waals surface area contributed by atoms with Gasteiger partial charge in [0.1, 0.15) is 48.0 Å². The van der Waals surface area contributed by atoms with Gasteiger partial charge in [0.25, 0.3) is 0 Å². The predicted molar refractivity (Wildman–Crippen MR) is 301 cm³/mol. The van der Waals surface area contributed by atoms with Crippen molar-refractivity contribution in [2.24, 2.45) is 11.5 Å². The fourth-order valence-corrected chi connectivity index (χ4v) is 8.74. The number of carboxylic acids is 1. The van der Waals surface area contributed by atoms with Gasteiger partial charge in [-0.15, -0.1) is 0 Å². The van der Waals surface area contributed by atoms with Crippen LogP contribution in [0.1, 0.15) is 48.4 Å². The van der Waals surface area contributed by atoms with Gasteiger partial charge in [-0.1, -0.05) is 115 Å². The molecule has 0 aromatic heterocycles. The Kier molecular flexibility index (Phi) is 24.4. The number of carbonyl (C=O) groups is 8. The summed E-state index contributed by atoms with van der Waals surface area (Å²) in [5, 5.41) is 50.8. The normalized spacial score (nSPS) is 14.6. The number of rotatable bonds is 30. The molecule has 0 spiro atoms. The van der Waals surface area contributed by atoms with E-state index in [1.54, 1.807) is 78.9 Å². The Bertz CT molecular complexity index is 2810. The minimum Gasteiger partial charge on any atom is -0.508 e. The zero-order valence-corrected chi connectivity index (χ0v) is 44.8. The number of aromatic hydroxyl groups is 1. The second-order valence-corrected chi connectivity index (χ2v) is 19.6. The van der Waals surface area contributed by atoms with Gasteiger partial charge in [0.15, 0.2) is 0 Å². The first kappa shape index (κ1) is 61.4. The Hall–Kier alpha value is -7.50. The van der Waals surface area contributed by atoms with E-state index >= 15 is 0 Å². The number of nitrogens with two attached hydrogens (primary N) is 2. The third kappa shape index (κ3) is 19.2. The summed E-state index contributed by atoms with van der Waals surface area (Å²) in [6, 6.07) is 25.2. The maximum atomic E-state index is 14.8. The minimum atomic E-state index is -1.71. The summed E-state index contributed by atoms with van der Waals surface area (Å²) in [7, 11) is 0. The number of fused-ring (bicyclic) bond motifs is 1. The molecule has 0 unspecified atom stereocenters. The largest absolute Gasteiger partial charge is 0.508 e. The molecule has 5 rings (SSSR count). The zero-order valence-electron chi connectivity index (χ0n) is 43.0. The second kappa shape index (κ2) is 31.0. The van der Waals surface area contributed by atoms with Crippen LogP contribution in [0.2, 0.25) is 0 Å². The van der Waals surface area contributed by atoms with Crippen LogP contribution in [-0.4, -0.2) is 135 Å². The molecule has 78 heavy (non-hydrogen) atoms. The van der Waals surface area contributed by atoms with E-state index in [4.69, 9.17) is 11.5 Å². The highest BCUT2D eigenvalue weighted by Gasteiger charge is 2.36. The summed E-state index contributed by atoms with van der Waals surface area (Å²) >= 11 is 8.16. The average Bonchev–Trinajstić information content (AvgIpc) is 3.43. The second-order valence-electron chi connectivity index (χ2n) is 18.8. The highest BCUT2D eigenvalue weighted by atomic mass is 32.1. The lowest BCUT2D eigenvalue weighted by atomic mass is 9.99. The highest BCUT2D eigenvalue weighted by molar-refractivity contribution is 7.80. The Morgan fingerprint density at radius 2 is 0.885 bits per heavy atom. The highest BCUT2D eigenvalue weighted by Crippen LogP contribution is 2.19. The van der Waals surface area contributed by atoms with Crippen molar-refractivity contribution in [1.82, 2.24) is 37.2 Å². The topological polar surface area (TPSA) is 333 Å². The third-order valence-electron chi connectivity index (χ3n) is 12.7. The fourth-order valence-electron chi connectivity index (χ4n) is 8.32. The molecule has 9 atom stereocenters. The van der Waals surface area contributed by atoms with Gasteiger partial charge in [-0.05, 0) is 77.9 Å². The van der Waals surface area contributed by atoms with Crippen LogP contribution in [0, 0.1) is 0 Å². The van der Waals surface area contributed by atoms with E-state index in [1.165, 1.54) is 19.1 Å². The number of phenols is 1. The molecule has 20 nitrogen and oxygen atoms in total. The Morgan fingerprint density at radius 1 is 0.474 bits per heavy atom. The van der Waals surface area contributed by atoms with E-state index in [0.29, 0.717) is 35.1 Å². The van der Waals surface area contributed by atoms with E-state index in [9.17, 15) is 53.7 Å². The molecule has 14 N–H and O–H groups in total. The lowest BCUT2D eigenvalue weighted by Crippen LogP contribution is -2.62. The SMILES string of the molecule is C[C@@H](O)[C@H](NC(=O)[C@H](CCCCN)NC(=O)[C@@H](Cc1ccc2ccccc2c1)NC(=O)[C@H](Cc1ccc(O)cc1)NC(=O)[C@H](Cc1ccccc1)NC(=O)[C@@H](N)CS)C(=O)N[C@@H](Cc1ccccc1)C(=O)N[C@@H](CS)C(=O)O. The molecule has 0 radical (unpaired) electrons. The number of amides is 7. The Morgan fingerprint density at radius 3 is 1.36 bits per heavy atom. The number of hydrogen-bond donors (Lipinski definition) is 14. The van der Waals surface area contributed by atoms with Gasteiger partial charge < -0.3 is 64.0 Å². The zero-order chi connectivity index (χ0) is 56.7. The number of nitrogens with one attached hydrogen (secondary N) is 7. The monoisotopic (exact) mass is 1110 g/mol. The third-order valence-corrected chi connectivity index (χ3v) is 13.5. The van der Waals surface area contributed by atoms with Crippen LogP contribution in [0.15, 0.2) is 127 Å². The van der Waals surface area contributed by atoms with Crippen molar-refractivity contribution < 1.29 is 53.7 Å². The lowest BCUT2D eigenvalue weighted by molar-refractivity contribution is -0.141. The number of carbonyl (C=O) groups excluding carboxylic acids is 7. The average molecular weight is 1110 g/mol. The van der Waals surface area contributed by atoms with Crippen molar-refractivity contribution in [2.45, 2.75) is 106 Å². The molecule has 0 fully saturated rings. The van der Waals surface area contributed by atoms with Crippen LogP contribution in [0.5, 0.6) is 5.75 Å². The van der Waals surface area contributed by atoms with Gasteiger partial charge in [0, 0.05) is 37.2 Å². The molecule has 0 saturated carbocycles. The van der Waals surface area contributed by atoms with Crippen molar-refractivity contribution in [1.29, 1.82) is 0 Å². The van der Waals surface area contributed by atoms with Gasteiger partial charge in [-0.25, -0.2) is 4.79 Å². The Balaban J connectivity index is 1.46. The van der Waals surface area contributed by atoms with Gasteiger partial charge in [0.05, 0.1) is 12.1 Å². The molecule has 5 aromatic carbocycles. The van der Waals surface area contributed by atoms with Crippen LogP contribution in [0.25, 0.3) is 10.8 Å². The number of hydrogen-bond acceptors (Lipinski definition) is 14. The minimum absolute atomic E-state index is 0.0106. The first-order chi connectivity index (χ1) is 37.4. The van der Waals surface area contributed by atoms with Crippen molar-refractivity contribution in [2.75, 3.05) is 18.1 Å². The van der Waals surface area contributed by atoms with Crippen molar-refractivity contribution in [3.63, 3.8) is 0 Å². The molecular weight excluding hydrogens is 1040 g/mol. The molecule has 0 aliphatic heterocycles. The van der Waals surface area contributed by atoms with Crippen molar-refractivity contribution >= 4 is 83.3 Å². The van der Waals surface area contributed by atoms with Crippen LogP contribution in [0.3, 0.4) is 0 Å². The van der Waals surface area contributed by atoms with Crippen LogP contribution in [-0.2, 0) is 64.0 Å². The van der Waals surface area contributed by atoms with Gasteiger partial charge in [-0.3, -0.25) is 33.6 Å². The maximum absolute atomic E-state index is 14.8. The van der Waals surface area contributed by atoms with Crippen LogP contribution < -0.4 is 48.7 Å². The number of thiol groups is 2. The predicted octanol–water partition coefficient (Wildman–Crippen LogP) is 0.991. The van der Waals surface area contributed by atoms with Crippen LogP contribution in [0.4, 0.5) is 0 Å². The summed E-state index contributed by atoms with van der Waals surface area (Å²) in [6.07, 6.45) is -1.25. The van der Waals surface area contributed by atoms with Gasteiger partial charge in [0.2, 0.25) is 41.4 Å². The number of unbranched alkanes of at least 4 members (excludes halogenated alkanes) is 1. The van der Waals surface area contributed by atoms with E-state index in [-0.39, 0.29) is 55.9 Å². The molecule has 7 amide bonds. The van der Waals surface area contributed by atoms with Crippen molar-refractivity contribution in [3.8, 4) is 5.75 Å². The first-order valence-electron chi connectivity index (χ1n) is 25.4. The summed E-state index contributed by atoms with van der Waals surface area (Å²) in [5.41, 5.74) is 14.2. The standard InChI is InChI=1S/C56H69N9O11S2/c1-33(66)48(55(74)63-45(28-35-14-6-3-7-15-35)54(73)64-47(32-78)56(75)76)65-50(69)42(18-10-11-25-57)59-51(70)46(30-37-19-22-38-16-8-9-17-39(38)26-37)62-53(72)44(29-36-20-23-40(67)24-21-36)61-52(71)43(60-49(68)41(58)31-77)27-34-12-4-2-5-13-34/h2-9,12-17,19-24,26,33,41-48,66-67,77-78H,10-11,18,25,27-32,57-58H2,1H3,(H,59,70)(H,60,68)(H,61,71)(H,62,72)(H,63,74)(H,64,73)(H,65,69)(H,75,76)/t33-,41+,42+,43+,44+,45+,46-,47+,48+/m1/s1. The van der Waals surface area contributed by atoms with Gasteiger partial charge in [-0.2, -0.15) is 25.3 Å². The smallest absolute Gasteiger partial charge is 0.327 e. The first-order valence-corrected chi connectivity index (χ1v) is 26.7. The number of aliphatic carboxylic acids is 1. The van der Waals surface area contributed by atoms with E-state index in [2.05, 4.69) is 62.5 Å². The molecule has 0 bridgehead atoms. The number of aliphatic hydroxyl groups is 1. The Labute approximate surface area is 463 Å². The molecular formula is C56H69N9O11S2. The molecule has 22 heteroatoms. The number of aliphatic hydroxyl groups excluding tert-OH is 1. The summed E-state index contributed by atoms with van der Waals surface area (Å²) in [4.78, 5) is 111. The summed E-state index contributed by atoms with van der Waals surface area (Å²) in [6.45, 7) is 1.46. The molecule has 0 aliphatic carbocycles. The number of benzene rings is 5. The number of phenolic OH excluding ortho intramolecular Hbond substituents is 1. The molecule has 0 saturated heterocycles. The lowest BCUT2D eigenvalue weighted by Gasteiger charge is -2.29. The molecule has 5 aromatic rings. The summed E-state index contributed by atoms with van der Waals surface area (Å²) in [5.74, 6) is -7.56. The number of carboxylic acid groups (broad SMARTS) is 1. The summed E-state index contributed by atoms with van der Waals surface area (Å²) < 4.78 is 0. The molecule has 0 aliphatic rings.